The van der Waals surface area contributed by atoms with Gasteiger partial charge in [-0.3, -0.25) is 4.79 Å². The molecule has 0 N–H and O–H groups in total. The topological polar surface area (TPSA) is 17.1 Å². The van der Waals surface area contributed by atoms with Gasteiger partial charge in [0.25, 0.3) is 0 Å². The molecule has 0 heterocycles. The highest BCUT2D eigenvalue weighted by molar-refractivity contribution is 6.69. The summed E-state index contributed by atoms with van der Waals surface area (Å²) in [5, 5.41) is 0. The van der Waals surface area contributed by atoms with Crippen LogP contribution >= 0.6 is 58.0 Å². The predicted octanol–water partition coefficient (Wildman–Crippen LogP) is 6.04. The highest BCUT2D eigenvalue weighted by atomic mass is 35.5. The van der Waals surface area contributed by atoms with Crippen LogP contribution in [0.15, 0.2) is 0 Å². The summed E-state index contributed by atoms with van der Waals surface area (Å²) in [6.07, 6.45) is 6.85. The van der Waals surface area contributed by atoms with E-state index in [1.165, 1.54) is 19.3 Å². The minimum absolute atomic E-state index is 0.109. The standard InChI is InChI=1S/C13H19Cl5O/c1-2-3-4-5-6-7-8-11(14)10(19)9-12(15,16)13(11,17)18/h2-9H2,1H3. The summed E-state index contributed by atoms with van der Waals surface area (Å²) in [5.41, 5.74) is 0. The minimum Gasteiger partial charge on any atom is -0.297 e. The fraction of sp³-hybridized carbons (Fsp3) is 0.923. The number of Topliss-reactive ketones (excluding diaryl/α,β-unsaturated/α-hetero) is 1. The Kier molecular flexibility index (Phi) is 6.62. The average Bonchev–Trinajstić information content (AvgIpc) is 2.42. The number of alkyl halides is 5. The molecule has 0 radical (unpaired) electrons. The van der Waals surface area contributed by atoms with Crippen LogP contribution in [0.5, 0.6) is 0 Å². The maximum atomic E-state index is 12.0. The van der Waals surface area contributed by atoms with Crippen LogP contribution in [0.4, 0.5) is 0 Å². The second kappa shape index (κ2) is 6.92. The van der Waals surface area contributed by atoms with Gasteiger partial charge in [-0.25, -0.2) is 0 Å². The summed E-state index contributed by atoms with van der Waals surface area (Å²) in [4.78, 5) is 10.7. The van der Waals surface area contributed by atoms with Gasteiger partial charge in [0.15, 0.2) is 14.4 Å². The first-order valence-electron chi connectivity index (χ1n) is 6.67. The highest BCUT2D eigenvalue weighted by Crippen LogP contribution is 2.61. The fourth-order valence-electron chi connectivity index (χ4n) is 2.36. The number of rotatable bonds is 7. The Morgan fingerprint density at radius 1 is 0.947 bits per heavy atom. The van der Waals surface area contributed by atoms with Gasteiger partial charge in [0.1, 0.15) is 4.87 Å². The van der Waals surface area contributed by atoms with Gasteiger partial charge in [0, 0.05) is 6.42 Å². The average molecular weight is 369 g/mol. The molecule has 0 aromatic rings. The van der Waals surface area contributed by atoms with Crippen LogP contribution in [0.1, 0.15) is 58.3 Å². The van der Waals surface area contributed by atoms with Gasteiger partial charge in [-0.15, -0.1) is 11.6 Å². The van der Waals surface area contributed by atoms with Gasteiger partial charge in [-0.1, -0.05) is 91.9 Å². The molecule has 1 saturated carbocycles. The van der Waals surface area contributed by atoms with E-state index in [-0.39, 0.29) is 12.2 Å². The van der Waals surface area contributed by atoms with Gasteiger partial charge in [-0.2, -0.15) is 0 Å². The molecule has 0 aliphatic heterocycles. The zero-order valence-corrected chi connectivity index (χ0v) is 14.7. The first-order valence-corrected chi connectivity index (χ1v) is 8.56. The smallest absolute Gasteiger partial charge is 0.177 e. The summed E-state index contributed by atoms with van der Waals surface area (Å²) >= 11 is 30.7. The number of hydrogen-bond acceptors (Lipinski definition) is 1. The van der Waals surface area contributed by atoms with Crippen LogP contribution in [0.3, 0.4) is 0 Å². The maximum absolute atomic E-state index is 12.0. The van der Waals surface area contributed by atoms with E-state index in [1.807, 2.05) is 0 Å². The molecule has 112 valence electrons. The Labute approximate surface area is 140 Å². The van der Waals surface area contributed by atoms with Crippen LogP contribution in [0.25, 0.3) is 0 Å². The Morgan fingerprint density at radius 3 is 1.95 bits per heavy atom. The van der Waals surface area contributed by atoms with E-state index in [4.69, 9.17) is 58.0 Å². The van der Waals surface area contributed by atoms with Gasteiger partial charge < -0.3 is 0 Å². The molecule has 1 aliphatic rings. The third kappa shape index (κ3) is 3.66. The fourth-order valence-corrected chi connectivity index (χ4v) is 3.92. The van der Waals surface area contributed by atoms with Crippen LogP contribution in [-0.4, -0.2) is 19.3 Å². The number of carbonyl (C=O) groups is 1. The van der Waals surface area contributed by atoms with Gasteiger partial charge >= 0.3 is 0 Å². The minimum atomic E-state index is -1.65. The van der Waals surface area contributed by atoms with Crippen molar-refractivity contribution < 1.29 is 4.79 Å². The Hall–Kier alpha value is 1.12. The molecular weight excluding hydrogens is 349 g/mol. The summed E-state index contributed by atoms with van der Waals surface area (Å²) in [5.74, 6) is -0.266. The Balaban J connectivity index is 2.53. The molecule has 1 nitrogen and oxygen atoms in total. The zero-order chi connectivity index (χ0) is 14.7. The second-order valence-electron chi connectivity index (χ2n) is 5.20. The van der Waals surface area contributed by atoms with Crippen molar-refractivity contribution in [3.8, 4) is 0 Å². The van der Waals surface area contributed by atoms with Crippen LogP contribution in [0.2, 0.25) is 0 Å². The molecule has 1 aliphatic carbocycles. The normalized spacial score (nSPS) is 28.8. The van der Waals surface area contributed by atoms with Crippen molar-refractivity contribution in [3.63, 3.8) is 0 Å². The van der Waals surface area contributed by atoms with Crippen LogP contribution < -0.4 is 0 Å². The molecule has 0 spiro atoms. The van der Waals surface area contributed by atoms with E-state index in [0.717, 1.165) is 19.3 Å². The lowest BCUT2D eigenvalue weighted by Gasteiger charge is -2.34. The Morgan fingerprint density at radius 2 is 1.47 bits per heavy atom. The number of unbranched alkanes of at least 4 members (excludes halogenated alkanes) is 5. The molecular formula is C13H19Cl5O. The lowest BCUT2D eigenvalue weighted by molar-refractivity contribution is -0.119. The quantitative estimate of drug-likeness (QED) is 0.396. The first kappa shape index (κ1) is 18.2. The molecule has 0 aromatic heterocycles. The van der Waals surface area contributed by atoms with Crippen LogP contribution in [0, 0.1) is 0 Å². The van der Waals surface area contributed by atoms with Crippen molar-refractivity contribution in [1.82, 2.24) is 0 Å². The third-order valence-corrected chi connectivity index (χ3v) is 7.04. The molecule has 6 heteroatoms. The van der Waals surface area contributed by atoms with Crippen molar-refractivity contribution in [2.24, 2.45) is 0 Å². The zero-order valence-electron chi connectivity index (χ0n) is 11.0. The van der Waals surface area contributed by atoms with Gasteiger partial charge in [-0.05, 0) is 6.42 Å². The van der Waals surface area contributed by atoms with Crippen LogP contribution in [-0.2, 0) is 4.79 Å². The lowest BCUT2D eigenvalue weighted by atomic mass is 9.96. The van der Waals surface area contributed by atoms with E-state index in [9.17, 15) is 4.79 Å². The molecule has 1 unspecified atom stereocenters. The van der Waals surface area contributed by atoms with E-state index < -0.39 is 13.5 Å². The number of ketones is 1. The van der Waals surface area contributed by atoms with E-state index in [0.29, 0.717) is 6.42 Å². The van der Waals surface area contributed by atoms with Crippen molar-refractivity contribution in [3.05, 3.63) is 0 Å². The van der Waals surface area contributed by atoms with Crippen molar-refractivity contribution in [2.45, 2.75) is 71.8 Å². The molecule has 1 fully saturated rings. The molecule has 0 bridgehead atoms. The largest absolute Gasteiger partial charge is 0.297 e. The van der Waals surface area contributed by atoms with Gasteiger partial charge in [0.05, 0.1) is 0 Å². The lowest BCUT2D eigenvalue weighted by Crippen LogP contribution is -2.47. The van der Waals surface area contributed by atoms with E-state index in [2.05, 4.69) is 6.92 Å². The predicted molar refractivity (Wildman–Crippen MR) is 85.1 cm³/mol. The highest BCUT2D eigenvalue weighted by Gasteiger charge is 2.70. The molecule has 0 saturated heterocycles. The first-order chi connectivity index (χ1) is 8.69. The molecule has 19 heavy (non-hydrogen) atoms. The van der Waals surface area contributed by atoms with E-state index in [1.54, 1.807) is 0 Å². The summed E-state index contributed by atoms with van der Waals surface area (Å²) in [6, 6.07) is 0. The summed E-state index contributed by atoms with van der Waals surface area (Å²) in [6.45, 7) is 2.17. The van der Waals surface area contributed by atoms with Crippen molar-refractivity contribution in [2.75, 3.05) is 0 Å². The number of hydrogen-bond donors (Lipinski definition) is 0. The van der Waals surface area contributed by atoms with Gasteiger partial charge in [0.2, 0.25) is 0 Å². The summed E-state index contributed by atoms with van der Waals surface area (Å²) < 4.78 is -3.16. The van der Waals surface area contributed by atoms with E-state index >= 15 is 0 Å². The second-order valence-corrected chi connectivity index (χ2v) is 8.65. The molecule has 1 atom stereocenters. The molecule has 0 amide bonds. The van der Waals surface area contributed by atoms with Crippen molar-refractivity contribution in [1.29, 1.82) is 0 Å². The molecule has 1 rings (SSSR count). The number of halogens is 5. The SMILES string of the molecule is CCCCCCCCC1(Cl)C(=O)CC(Cl)(Cl)C1(Cl)Cl. The monoisotopic (exact) mass is 366 g/mol. The Bertz CT molecular complexity index is 329. The van der Waals surface area contributed by atoms with Crippen molar-refractivity contribution >= 4 is 63.8 Å². The maximum Gasteiger partial charge on any atom is 0.177 e. The molecule has 0 aromatic carbocycles. The number of carbonyl (C=O) groups excluding carboxylic acids is 1. The summed E-state index contributed by atoms with van der Waals surface area (Å²) in [7, 11) is 0. The third-order valence-electron chi connectivity index (χ3n) is 3.66.